The second-order valence-corrected chi connectivity index (χ2v) is 6.34. The largest absolute Gasteiger partial charge is 0.417 e. The van der Waals surface area contributed by atoms with Gasteiger partial charge in [-0.25, -0.2) is 5.43 Å². The molecule has 2 rings (SSSR count). The second-order valence-electron chi connectivity index (χ2n) is 5.36. The van der Waals surface area contributed by atoms with Gasteiger partial charge in [-0.3, -0.25) is 4.79 Å². The van der Waals surface area contributed by atoms with Crippen LogP contribution in [0.4, 0.5) is 13.2 Å². The van der Waals surface area contributed by atoms with Crippen LogP contribution in [0.3, 0.4) is 0 Å². The number of benzene rings is 2. The molecule has 0 aliphatic rings. The molecule has 0 aliphatic heterocycles. The number of alkyl halides is 3. The molecule has 0 bridgehead atoms. The molecule has 0 saturated carbocycles. The first-order valence-electron chi connectivity index (χ1n) is 7.47. The number of hydrazone groups is 1. The number of hydrogen-bond acceptors (Lipinski definition) is 3. The van der Waals surface area contributed by atoms with Crippen molar-refractivity contribution in [1.29, 1.82) is 0 Å². The van der Waals surface area contributed by atoms with Crippen LogP contribution < -0.4 is 5.43 Å². The lowest BCUT2D eigenvalue weighted by atomic mass is 10.1. The minimum Gasteiger partial charge on any atom is -0.272 e. The molecule has 2 aromatic rings. The molecular formula is C18H17F3N2OS. The van der Waals surface area contributed by atoms with Gasteiger partial charge in [0.25, 0.3) is 0 Å². The third kappa shape index (κ3) is 6.26. The maximum absolute atomic E-state index is 12.8. The van der Waals surface area contributed by atoms with Gasteiger partial charge in [-0.1, -0.05) is 48.0 Å². The van der Waals surface area contributed by atoms with Crippen molar-refractivity contribution in [2.75, 3.05) is 5.75 Å². The van der Waals surface area contributed by atoms with Gasteiger partial charge in [-0.05, 0) is 18.6 Å². The van der Waals surface area contributed by atoms with Crippen molar-refractivity contribution in [3.05, 3.63) is 70.8 Å². The Morgan fingerprint density at radius 3 is 2.52 bits per heavy atom. The Kier molecular flexibility index (Phi) is 6.64. The normalized spacial score (nSPS) is 11.7. The highest BCUT2D eigenvalue weighted by Crippen LogP contribution is 2.31. The molecule has 0 aromatic heterocycles. The topological polar surface area (TPSA) is 41.5 Å². The van der Waals surface area contributed by atoms with Crippen LogP contribution in [0.25, 0.3) is 0 Å². The van der Waals surface area contributed by atoms with Crippen LogP contribution in [0.2, 0.25) is 0 Å². The number of amides is 1. The van der Waals surface area contributed by atoms with Crippen molar-refractivity contribution in [2.24, 2.45) is 5.10 Å². The van der Waals surface area contributed by atoms with E-state index in [0.29, 0.717) is 5.75 Å². The van der Waals surface area contributed by atoms with Crippen LogP contribution in [-0.4, -0.2) is 17.9 Å². The van der Waals surface area contributed by atoms with E-state index in [2.05, 4.69) is 10.5 Å². The van der Waals surface area contributed by atoms with Crippen molar-refractivity contribution >= 4 is 23.9 Å². The van der Waals surface area contributed by atoms with E-state index < -0.39 is 11.7 Å². The highest BCUT2D eigenvalue weighted by molar-refractivity contribution is 7.99. The summed E-state index contributed by atoms with van der Waals surface area (Å²) in [5, 5.41) is 3.62. The summed E-state index contributed by atoms with van der Waals surface area (Å²) in [5.74, 6) is 0.485. The number of carbonyl (C=O) groups excluding carboxylic acids is 1. The van der Waals surface area contributed by atoms with Crippen LogP contribution in [0.5, 0.6) is 0 Å². The van der Waals surface area contributed by atoms with E-state index in [1.807, 2.05) is 31.2 Å². The third-order valence-electron chi connectivity index (χ3n) is 3.28. The monoisotopic (exact) mass is 366 g/mol. The van der Waals surface area contributed by atoms with Gasteiger partial charge in [-0.2, -0.15) is 18.3 Å². The first kappa shape index (κ1) is 19.1. The maximum Gasteiger partial charge on any atom is 0.417 e. The number of rotatable bonds is 6. The minimum absolute atomic E-state index is 0.0948. The van der Waals surface area contributed by atoms with E-state index in [1.165, 1.54) is 35.5 Å². The molecule has 0 spiro atoms. The van der Waals surface area contributed by atoms with E-state index in [4.69, 9.17) is 0 Å². The van der Waals surface area contributed by atoms with E-state index in [9.17, 15) is 18.0 Å². The first-order valence-corrected chi connectivity index (χ1v) is 8.63. The number of carbonyl (C=O) groups is 1. The number of halogens is 3. The summed E-state index contributed by atoms with van der Waals surface area (Å²) in [5.41, 5.74) is 3.63. The van der Waals surface area contributed by atoms with Crippen LogP contribution in [0.15, 0.2) is 53.6 Å². The quantitative estimate of drug-likeness (QED) is 0.608. The molecule has 1 amide bonds. The number of aryl methyl sites for hydroxylation is 1. The highest BCUT2D eigenvalue weighted by Gasteiger charge is 2.32. The van der Waals surface area contributed by atoms with Crippen LogP contribution in [0, 0.1) is 6.92 Å². The first-order chi connectivity index (χ1) is 11.9. The van der Waals surface area contributed by atoms with E-state index >= 15 is 0 Å². The molecule has 2 aromatic carbocycles. The van der Waals surface area contributed by atoms with Crippen LogP contribution in [-0.2, 0) is 16.7 Å². The Hall–Kier alpha value is -2.28. The van der Waals surface area contributed by atoms with Gasteiger partial charge in [0.2, 0.25) is 5.91 Å². The van der Waals surface area contributed by atoms with Crippen molar-refractivity contribution in [2.45, 2.75) is 18.9 Å². The molecule has 0 unspecified atom stereocenters. The number of nitrogens with one attached hydrogen (secondary N) is 1. The average molecular weight is 366 g/mol. The summed E-state index contributed by atoms with van der Waals surface area (Å²) in [6, 6.07) is 13.0. The molecule has 0 atom stereocenters. The predicted octanol–water partition coefficient (Wildman–Crippen LogP) is 4.40. The average Bonchev–Trinajstić information content (AvgIpc) is 2.56. The minimum atomic E-state index is -4.46. The smallest absolute Gasteiger partial charge is 0.272 e. The van der Waals surface area contributed by atoms with Gasteiger partial charge in [0.1, 0.15) is 0 Å². The lowest BCUT2D eigenvalue weighted by Gasteiger charge is -2.09. The fraction of sp³-hybridized carbons (Fsp3) is 0.222. The fourth-order valence-electron chi connectivity index (χ4n) is 2.02. The zero-order valence-electron chi connectivity index (χ0n) is 13.5. The zero-order valence-corrected chi connectivity index (χ0v) is 14.3. The summed E-state index contributed by atoms with van der Waals surface area (Å²) in [6.07, 6.45) is -3.46. The van der Waals surface area contributed by atoms with Gasteiger partial charge in [0, 0.05) is 11.3 Å². The Morgan fingerprint density at radius 2 is 1.84 bits per heavy atom. The molecule has 0 heterocycles. The predicted molar refractivity (Wildman–Crippen MR) is 94.5 cm³/mol. The lowest BCUT2D eigenvalue weighted by molar-refractivity contribution is -0.137. The van der Waals surface area contributed by atoms with Crippen LogP contribution in [0.1, 0.15) is 22.3 Å². The molecule has 3 nitrogen and oxygen atoms in total. The van der Waals surface area contributed by atoms with Crippen LogP contribution >= 0.6 is 11.8 Å². The van der Waals surface area contributed by atoms with E-state index in [0.717, 1.165) is 17.8 Å². The summed E-state index contributed by atoms with van der Waals surface area (Å²) in [4.78, 5) is 11.7. The van der Waals surface area contributed by atoms with Gasteiger partial charge in [0.05, 0.1) is 17.5 Å². The summed E-state index contributed by atoms with van der Waals surface area (Å²) >= 11 is 1.41. The molecule has 132 valence electrons. The highest BCUT2D eigenvalue weighted by atomic mass is 32.2. The standard InChI is InChI=1S/C18H17F3N2OS/c1-13-6-8-14(9-7-13)11-25-12-17(24)23-22-10-15-4-2-3-5-16(15)18(19,20)21/h2-10H,11-12H2,1H3,(H,23,24)/b22-10+. The van der Waals surface area contributed by atoms with E-state index in [1.54, 1.807) is 0 Å². The number of hydrogen-bond donors (Lipinski definition) is 1. The van der Waals surface area contributed by atoms with E-state index in [-0.39, 0.29) is 17.2 Å². The lowest BCUT2D eigenvalue weighted by Crippen LogP contribution is -2.20. The molecule has 1 N–H and O–H groups in total. The summed E-state index contributed by atoms with van der Waals surface area (Å²) < 4.78 is 38.5. The molecular weight excluding hydrogens is 349 g/mol. The molecule has 0 saturated heterocycles. The molecule has 0 radical (unpaired) electrons. The summed E-state index contributed by atoms with van der Waals surface area (Å²) in [6.45, 7) is 2.00. The Balaban J connectivity index is 1.82. The van der Waals surface area contributed by atoms with Crippen molar-refractivity contribution in [3.63, 3.8) is 0 Å². The van der Waals surface area contributed by atoms with Crippen molar-refractivity contribution in [3.8, 4) is 0 Å². The van der Waals surface area contributed by atoms with Gasteiger partial charge in [0.15, 0.2) is 0 Å². The molecule has 0 fully saturated rings. The van der Waals surface area contributed by atoms with Crippen molar-refractivity contribution < 1.29 is 18.0 Å². The van der Waals surface area contributed by atoms with Gasteiger partial charge in [-0.15, -0.1) is 11.8 Å². The molecule has 7 heteroatoms. The molecule has 25 heavy (non-hydrogen) atoms. The summed E-state index contributed by atoms with van der Waals surface area (Å²) in [7, 11) is 0. The zero-order chi connectivity index (χ0) is 18.3. The second kappa shape index (κ2) is 8.71. The third-order valence-corrected chi connectivity index (χ3v) is 4.29. The molecule has 0 aliphatic carbocycles. The number of nitrogens with zero attached hydrogens (tertiary/aromatic N) is 1. The Morgan fingerprint density at radius 1 is 1.16 bits per heavy atom. The maximum atomic E-state index is 12.8. The number of thioether (sulfide) groups is 1. The van der Waals surface area contributed by atoms with Crippen molar-refractivity contribution in [1.82, 2.24) is 5.43 Å². The Labute approximate surface area is 148 Å². The van der Waals surface area contributed by atoms with Gasteiger partial charge >= 0.3 is 6.18 Å². The van der Waals surface area contributed by atoms with Gasteiger partial charge < -0.3 is 0 Å². The Bertz CT molecular complexity index is 743. The SMILES string of the molecule is Cc1ccc(CSCC(=O)N/N=C/c2ccccc2C(F)(F)F)cc1. The fourth-order valence-corrected chi connectivity index (χ4v) is 2.80.